The van der Waals surface area contributed by atoms with Gasteiger partial charge in [-0.15, -0.1) is 0 Å². The monoisotopic (exact) mass is 405 g/mol. The molecular formula is C21H44NO4P. The van der Waals surface area contributed by atoms with E-state index in [0.29, 0.717) is 6.61 Å². The van der Waals surface area contributed by atoms with E-state index in [1.54, 1.807) is 0 Å². The van der Waals surface area contributed by atoms with Crippen LogP contribution in [0, 0.1) is 0 Å². The van der Waals surface area contributed by atoms with Crippen LogP contribution < -0.4 is 5.32 Å². The third kappa shape index (κ3) is 15.6. The Morgan fingerprint density at radius 1 is 0.815 bits per heavy atom. The number of hydrogen-bond acceptors (Lipinski definition) is 4. The maximum Gasteiger partial charge on any atom is 0.472 e. The van der Waals surface area contributed by atoms with Crippen LogP contribution in [0.3, 0.4) is 0 Å². The molecule has 162 valence electrons. The van der Waals surface area contributed by atoms with Crippen molar-refractivity contribution in [3.05, 3.63) is 0 Å². The molecule has 5 nitrogen and oxygen atoms in total. The Morgan fingerprint density at radius 3 is 1.74 bits per heavy atom. The van der Waals surface area contributed by atoms with Gasteiger partial charge in [0.15, 0.2) is 0 Å². The predicted octanol–water partition coefficient (Wildman–Crippen LogP) is 6.35. The number of hydrogen-bond donors (Lipinski definition) is 2. The zero-order valence-electron chi connectivity index (χ0n) is 17.6. The van der Waals surface area contributed by atoms with Crippen molar-refractivity contribution in [3.8, 4) is 0 Å². The van der Waals surface area contributed by atoms with Gasteiger partial charge >= 0.3 is 7.82 Å². The topological polar surface area (TPSA) is 67.8 Å². The van der Waals surface area contributed by atoms with Crippen LogP contribution in [-0.4, -0.2) is 30.7 Å². The molecule has 0 radical (unpaired) electrons. The van der Waals surface area contributed by atoms with E-state index in [1.165, 1.54) is 77.0 Å². The molecule has 1 aliphatic heterocycles. The second kappa shape index (κ2) is 17.0. The smallest absolute Gasteiger partial charge is 0.317 e. The number of nitrogens with one attached hydrogen (secondary N) is 1. The minimum Gasteiger partial charge on any atom is -0.317 e. The van der Waals surface area contributed by atoms with Crippen molar-refractivity contribution in [1.82, 2.24) is 5.32 Å². The Labute approximate surface area is 167 Å². The summed E-state index contributed by atoms with van der Waals surface area (Å²) >= 11 is 0. The van der Waals surface area contributed by atoms with Crippen LogP contribution in [0.1, 0.15) is 110 Å². The van der Waals surface area contributed by atoms with Gasteiger partial charge in [0, 0.05) is 0 Å². The van der Waals surface area contributed by atoms with E-state index in [1.807, 2.05) is 0 Å². The fourth-order valence-corrected chi connectivity index (χ4v) is 4.60. The van der Waals surface area contributed by atoms with Crippen LogP contribution in [-0.2, 0) is 13.6 Å². The van der Waals surface area contributed by atoms with E-state index in [4.69, 9.17) is 9.05 Å². The van der Waals surface area contributed by atoms with Gasteiger partial charge in [-0.2, -0.15) is 0 Å². The number of piperidine rings is 1. The van der Waals surface area contributed by atoms with Crippen molar-refractivity contribution in [2.75, 3.05) is 19.7 Å². The summed E-state index contributed by atoms with van der Waals surface area (Å²) in [6.07, 6.45) is 19.5. The lowest BCUT2D eigenvalue weighted by atomic mass is 10.0. The highest BCUT2D eigenvalue weighted by Crippen LogP contribution is 2.45. The molecule has 1 unspecified atom stereocenters. The first kappa shape index (κ1) is 25.1. The molecule has 6 heteroatoms. The standard InChI is InChI=1S/C21H44NO4P/c1-2-3-4-5-6-7-8-9-10-11-12-13-14-15-20-25-27(23,24)26-21-16-18-22-19-17-21/h21-22H,2-20H2,1H3,(H,23,24). The van der Waals surface area contributed by atoms with E-state index in [2.05, 4.69) is 12.2 Å². The SMILES string of the molecule is CCCCCCCCCCCCCCCCOP(=O)(O)OC1CCNCC1. The van der Waals surface area contributed by atoms with Gasteiger partial charge in [0.05, 0.1) is 12.7 Å². The minimum absolute atomic E-state index is 0.154. The molecule has 0 aliphatic carbocycles. The van der Waals surface area contributed by atoms with Crippen LogP contribution >= 0.6 is 7.82 Å². The summed E-state index contributed by atoms with van der Waals surface area (Å²) in [5.74, 6) is 0. The molecule has 1 atom stereocenters. The molecule has 0 amide bonds. The molecule has 1 saturated heterocycles. The predicted molar refractivity (Wildman–Crippen MR) is 113 cm³/mol. The van der Waals surface area contributed by atoms with Gasteiger partial charge in [0.2, 0.25) is 0 Å². The maximum absolute atomic E-state index is 11.9. The van der Waals surface area contributed by atoms with E-state index in [0.717, 1.165) is 38.8 Å². The van der Waals surface area contributed by atoms with Crippen molar-refractivity contribution < 1.29 is 18.5 Å². The molecule has 0 spiro atoms. The molecular weight excluding hydrogens is 361 g/mol. The quantitative estimate of drug-likeness (QED) is 0.205. The van der Waals surface area contributed by atoms with E-state index >= 15 is 0 Å². The normalized spacial score (nSPS) is 17.9. The van der Waals surface area contributed by atoms with E-state index in [9.17, 15) is 9.46 Å². The summed E-state index contributed by atoms with van der Waals surface area (Å²) in [5, 5.41) is 3.21. The summed E-state index contributed by atoms with van der Waals surface area (Å²) in [7, 11) is -3.88. The zero-order valence-corrected chi connectivity index (χ0v) is 18.5. The van der Waals surface area contributed by atoms with Gasteiger partial charge in [-0.05, 0) is 32.4 Å². The van der Waals surface area contributed by atoms with Crippen LogP contribution in [0.2, 0.25) is 0 Å². The lowest BCUT2D eigenvalue weighted by Gasteiger charge is -2.24. The second-order valence-corrected chi connectivity index (χ2v) is 9.36. The molecule has 0 aromatic carbocycles. The highest BCUT2D eigenvalue weighted by atomic mass is 31.2. The Bertz CT molecular complexity index is 375. The van der Waals surface area contributed by atoms with E-state index < -0.39 is 7.82 Å². The molecule has 0 aromatic rings. The Morgan fingerprint density at radius 2 is 1.26 bits per heavy atom. The van der Waals surface area contributed by atoms with Gasteiger partial charge in [-0.3, -0.25) is 9.05 Å². The highest BCUT2D eigenvalue weighted by molar-refractivity contribution is 7.47. The molecule has 1 rings (SSSR count). The van der Waals surface area contributed by atoms with Gasteiger partial charge in [-0.25, -0.2) is 4.57 Å². The number of phosphoric ester groups is 1. The fourth-order valence-electron chi connectivity index (χ4n) is 3.60. The average molecular weight is 406 g/mol. The number of rotatable bonds is 18. The third-order valence-corrected chi connectivity index (χ3v) is 6.39. The van der Waals surface area contributed by atoms with Crippen LogP contribution in [0.15, 0.2) is 0 Å². The Kier molecular flexibility index (Phi) is 15.8. The third-order valence-electron chi connectivity index (χ3n) is 5.32. The van der Waals surface area contributed by atoms with Crippen molar-refractivity contribution in [3.63, 3.8) is 0 Å². The summed E-state index contributed by atoms with van der Waals surface area (Å²) in [6.45, 7) is 4.26. The summed E-state index contributed by atoms with van der Waals surface area (Å²) < 4.78 is 22.3. The van der Waals surface area contributed by atoms with Crippen molar-refractivity contribution >= 4 is 7.82 Å². The van der Waals surface area contributed by atoms with Gasteiger partial charge in [0.1, 0.15) is 0 Å². The molecule has 1 heterocycles. The van der Waals surface area contributed by atoms with Gasteiger partial charge in [0.25, 0.3) is 0 Å². The molecule has 1 fully saturated rings. The molecule has 0 aromatic heterocycles. The first-order valence-corrected chi connectivity index (χ1v) is 13.0. The van der Waals surface area contributed by atoms with Crippen LogP contribution in [0.5, 0.6) is 0 Å². The molecule has 1 aliphatic rings. The van der Waals surface area contributed by atoms with Crippen LogP contribution in [0.25, 0.3) is 0 Å². The van der Waals surface area contributed by atoms with Gasteiger partial charge in [-0.1, -0.05) is 90.4 Å². The van der Waals surface area contributed by atoms with Crippen LogP contribution in [0.4, 0.5) is 0 Å². The first-order chi connectivity index (χ1) is 13.1. The average Bonchev–Trinajstić information content (AvgIpc) is 2.65. The van der Waals surface area contributed by atoms with Gasteiger partial charge < -0.3 is 10.2 Å². The zero-order chi connectivity index (χ0) is 19.6. The van der Waals surface area contributed by atoms with Crippen molar-refractivity contribution in [2.45, 2.75) is 116 Å². The van der Waals surface area contributed by atoms with E-state index in [-0.39, 0.29) is 6.10 Å². The Balaban J connectivity index is 1.81. The second-order valence-electron chi connectivity index (χ2n) is 7.95. The van der Waals surface area contributed by atoms with Crippen molar-refractivity contribution in [1.29, 1.82) is 0 Å². The fraction of sp³-hybridized carbons (Fsp3) is 1.00. The molecule has 27 heavy (non-hydrogen) atoms. The summed E-state index contributed by atoms with van der Waals surface area (Å²) in [6, 6.07) is 0. The Hall–Kier alpha value is 0.0700. The largest absolute Gasteiger partial charge is 0.472 e. The molecule has 2 N–H and O–H groups in total. The molecule has 0 saturated carbocycles. The number of unbranched alkanes of at least 4 members (excludes halogenated alkanes) is 13. The minimum atomic E-state index is -3.88. The number of phosphoric acid groups is 1. The molecule has 0 bridgehead atoms. The highest BCUT2D eigenvalue weighted by Gasteiger charge is 2.27. The lowest BCUT2D eigenvalue weighted by molar-refractivity contribution is 0.0856. The first-order valence-electron chi connectivity index (χ1n) is 11.5. The maximum atomic E-state index is 11.9. The lowest BCUT2D eigenvalue weighted by Crippen LogP contribution is -2.32. The summed E-state index contributed by atoms with van der Waals surface area (Å²) in [5.41, 5.74) is 0. The summed E-state index contributed by atoms with van der Waals surface area (Å²) in [4.78, 5) is 9.76. The van der Waals surface area contributed by atoms with Crippen molar-refractivity contribution in [2.24, 2.45) is 0 Å².